The van der Waals surface area contributed by atoms with Gasteiger partial charge in [-0.25, -0.2) is 0 Å². The number of fused-ring (bicyclic) bond motifs is 1. The molecule has 7 nitrogen and oxygen atoms in total. The molecule has 0 aromatic heterocycles. The number of primary amides is 1. The van der Waals surface area contributed by atoms with Gasteiger partial charge in [-0.2, -0.15) is 0 Å². The lowest BCUT2D eigenvalue weighted by Crippen LogP contribution is -2.48. The standard InChI is InChI=1S/C23H25ClN4O3/c1-15(22(25)30)27-13-16-6-2-3-7-20(16)28(14-21(27)29)23(31)18-9-8-17(12-19(18)24)26-10-4-5-11-26/h2-3,6-9,12,15H,4-5,10-11,13-14H2,1H3,(H2,25,30). The number of benzene rings is 2. The first kappa shape index (κ1) is 21.2. The van der Waals surface area contributed by atoms with Gasteiger partial charge in [-0.1, -0.05) is 29.8 Å². The summed E-state index contributed by atoms with van der Waals surface area (Å²) in [6.45, 7) is 3.55. The Hall–Kier alpha value is -3.06. The van der Waals surface area contributed by atoms with Crippen molar-refractivity contribution in [2.75, 3.05) is 29.4 Å². The summed E-state index contributed by atoms with van der Waals surface area (Å²) in [5.74, 6) is -1.29. The number of carbonyl (C=O) groups is 3. The number of halogens is 1. The predicted molar refractivity (Wildman–Crippen MR) is 120 cm³/mol. The van der Waals surface area contributed by atoms with E-state index in [2.05, 4.69) is 4.90 Å². The van der Waals surface area contributed by atoms with Gasteiger partial charge >= 0.3 is 0 Å². The van der Waals surface area contributed by atoms with Gasteiger partial charge in [0.2, 0.25) is 11.8 Å². The second-order valence-corrected chi connectivity index (χ2v) is 8.39. The summed E-state index contributed by atoms with van der Waals surface area (Å²) in [6, 6.07) is 11.9. The van der Waals surface area contributed by atoms with Crippen molar-refractivity contribution in [2.45, 2.75) is 32.4 Å². The number of nitrogens with zero attached hydrogens (tertiary/aromatic N) is 3. The highest BCUT2D eigenvalue weighted by Crippen LogP contribution is 2.31. The van der Waals surface area contributed by atoms with Gasteiger partial charge in [0.1, 0.15) is 12.6 Å². The summed E-state index contributed by atoms with van der Waals surface area (Å²) in [7, 11) is 0. The fraction of sp³-hybridized carbons (Fsp3) is 0.348. The quantitative estimate of drug-likeness (QED) is 0.791. The van der Waals surface area contributed by atoms with Crippen LogP contribution < -0.4 is 15.5 Å². The first-order valence-corrected chi connectivity index (χ1v) is 10.8. The van der Waals surface area contributed by atoms with Crippen LogP contribution in [0.1, 0.15) is 35.7 Å². The fourth-order valence-electron chi connectivity index (χ4n) is 4.17. The highest BCUT2D eigenvalue weighted by Gasteiger charge is 2.33. The molecule has 31 heavy (non-hydrogen) atoms. The zero-order valence-corrected chi connectivity index (χ0v) is 18.1. The SMILES string of the molecule is CC(C(N)=O)N1Cc2ccccc2N(C(=O)c2ccc(N3CCCC3)cc2Cl)CC1=O. The van der Waals surface area contributed by atoms with Crippen LogP contribution in [0, 0.1) is 0 Å². The van der Waals surface area contributed by atoms with Crippen LogP contribution >= 0.6 is 11.6 Å². The Labute approximate surface area is 186 Å². The summed E-state index contributed by atoms with van der Waals surface area (Å²) in [5, 5.41) is 0.353. The highest BCUT2D eigenvalue weighted by molar-refractivity contribution is 6.35. The molecule has 1 unspecified atom stereocenters. The van der Waals surface area contributed by atoms with Crippen LogP contribution in [-0.4, -0.2) is 48.3 Å². The molecule has 2 aliphatic rings. The molecule has 2 aromatic rings. The van der Waals surface area contributed by atoms with Gasteiger partial charge in [0, 0.05) is 31.0 Å². The van der Waals surface area contributed by atoms with Crippen LogP contribution in [0.2, 0.25) is 5.02 Å². The second-order valence-electron chi connectivity index (χ2n) is 7.98. The Morgan fingerprint density at radius 1 is 1.06 bits per heavy atom. The normalized spacial score (nSPS) is 17.4. The summed E-state index contributed by atoms with van der Waals surface area (Å²) in [6.07, 6.45) is 2.29. The van der Waals surface area contributed by atoms with Gasteiger partial charge in [0.25, 0.3) is 5.91 Å². The fourth-order valence-corrected chi connectivity index (χ4v) is 4.43. The first-order valence-electron chi connectivity index (χ1n) is 10.4. The molecule has 0 radical (unpaired) electrons. The predicted octanol–water partition coefficient (Wildman–Crippen LogP) is 2.80. The zero-order chi connectivity index (χ0) is 22.1. The number of rotatable bonds is 4. The average molecular weight is 441 g/mol. The minimum Gasteiger partial charge on any atom is -0.371 e. The highest BCUT2D eigenvalue weighted by atomic mass is 35.5. The second kappa shape index (κ2) is 8.59. The van der Waals surface area contributed by atoms with Crippen LogP contribution in [0.25, 0.3) is 0 Å². The maximum Gasteiger partial charge on any atom is 0.260 e. The number of hydrogen-bond donors (Lipinski definition) is 1. The number of anilines is 2. The minimum atomic E-state index is -0.779. The third-order valence-electron chi connectivity index (χ3n) is 6.02. The van der Waals surface area contributed by atoms with Gasteiger partial charge in [-0.05, 0) is 49.6 Å². The molecular formula is C23H25ClN4O3. The van der Waals surface area contributed by atoms with Crippen molar-refractivity contribution in [1.29, 1.82) is 0 Å². The minimum absolute atomic E-state index is 0.197. The summed E-state index contributed by atoms with van der Waals surface area (Å²) in [5.41, 5.74) is 8.15. The number of carbonyl (C=O) groups excluding carboxylic acids is 3. The van der Waals surface area contributed by atoms with Crippen molar-refractivity contribution in [3.8, 4) is 0 Å². The van der Waals surface area contributed by atoms with Crippen LogP contribution in [0.15, 0.2) is 42.5 Å². The Morgan fingerprint density at radius 3 is 2.45 bits per heavy atom. The lowest BCUT2D eigenvalue weighted by Gasteiger charge is -2.26. The number of nitrogens with two attached hydrogens (primary N) is 1. The molecular weight excluding hydrogens is 416 g/mol. The van der Waals surface area contributed by atoms with E-state index in [0.29, 0.717) is 16.3 Å². The Morgan fingerprint density at radius 2 is 1.77 bits per heavy atom. The van der Waals surface area contributed by atoms with E-state index in [1.54, 1.807) is 19.1 Å². The molecule has 2 aliphatic heterocycles. The molecule has 1 atom stereocenters. The van der Waals surface area contributed by atoms with Gasteiger partial charge in [-0.3, -0.25) is 19.3 Å². The van der Waals surface area contributed by atoms with Crippen molar-refractivity contribution in [1.82, 2.24) is 4.90 Å². The molecule has 3 amide bonds. The van der Waals surface area contributed by atoms with Crippen LogP contribution in [-0.2, 0) is 16.1 Å². The lowest BCUT2D eigenvalue weighted by atomic mass is 10.1. The van der Waals surface area contributed by atoms with Crippen molar-refractivity contribution >= 4 is 40.7 Å². The maximum absolute atomic E-state index is 13.5. The molecule has 2 aromatic carbocycles. The average Bonchev–Trinajstić information content (AvgIpc) is 3.25. The number of para-hydroxylation sites is 1. The molecule has 2 N–H and O–H groups in total. The monoisotopic (exact) mass is 440 g/mol. The van der Waals surface area contributed by atoms with E-state index in [1.807, 2.05) is 30.3 Å². The molecule has 8 heteroatoms. The largest absolute Gasteiger partial charge is 0.371 e. The van der Waals surface area contributed by atoms with Crippen LogP contribution in [0.4, 0.5) is 11.4 Å². The van der Waals surface area contributed by atoms with Crippen LogP contribution in [0.3, 0.4) is 0 Å². The molecule has 162 valence electrons. The van der Waals surface area contributed by atoms with Gasteiger partial charge in [-0.15, -0.1) is 0 Å². The molecule has 1 fully saturated rings. The van der Waals surface area contributed by atoms with Crippen molar-refractivity contribution in [3.05, 3.63) is 58.6 Å². The van der Waals surface area contributed by atoms with Crippen molar-refractivity contribution in [3.63, 3.8) is 0 Å². The topological polar surface area (TPSA) is 87.0 Å². The Bertz CT molecular complexity index is 1040. The van der Waals surface area contributed by atoms with E-state index in [1.165, 1.54) is 9.80 Å². The van der Waals surface area contributed by atoms with E-state index in [9.17, 15) is 14.4 Å². The van der Waals surface area contributed by atoms with Crippen LogP contribution in [0.5, 0.6) is 0 Å². The molecule has 0 aliphatic carbocycles. The third-order valence-corrected chi connectivity index (χ3v) is 6.33. The lowest BCUT2D eigenvalue weighted by molar-refractivity contribution is -0.138. The summed E-state index contributed by atoms with van der Waals surface area (Å²) >= 11 is 6.52. The van der Waals surface area contributed by atoms with E-state index in [0.717, 1.165) is 37.2 Å². The smallest absolute Gasteiger partial charge is 0.260 e. The third kappa shape index (κ3) is 4.10. The van der Waals surface area contributed by atoms with Crippen molar-refractivity contribution in [2.24, 2.45) is 5.73 Å². The number of hydrogen-bond acceptors (Lipinski definition) is 4. The maximum atomic E-state index is 13.5. The van der Waals surface area contributed by atoms with Gasteiger partial charge in [0.15, 0.2) is 0 Å². The van der Waals surface area contributed by atoms with E-state index < -0.39 is 11.9 Å². The molecule has 0 saturated carbocycles. The molecule has 0 bridgehead atoms. The Kier molecular flexibility index (Phi) is 5.87. The van der Waals surface area contributed by atoms with E-state index >= 15 is 0 Å². The molecule has 0 spiro atoms. The van der Waals surface area contributed by atoms with E-state index in [-0.39, 0.29) is 24.9 Å². The van der Waals surface area contributed by atoms with E-state index in [4.69, 9.17) is 17.3 Å². The number of amides is 3. The van der Waals surface area contributed by atoms with Crippen molar-refractivity contribution < 1.29 is 14.4 Å². The molecule has 4 rings (SSSR count). The molecule has 1 saturated heterocycles. The first-order chi connectivity index (χ1) is 14.9. The molecule has 2 heterocycles. The summed E-state index contributed by atoms with van der Waals surface area (Å²) < 4.78 is 0. The Balaban J connectivity index is 1.68. The van der Waals surface area contributed by atoms with Gasteiger partial charge in [0.05, 0.1) is 10.6 Å². The zero-order valence-electron chi connectivity index (χ0n) is 17.4. The summed E-state index contributed by atoms with van der Waals surface area (Å²) in [4.78, 5) is 43.3. The van der Waals surface area contributed by atoms with Gasteiger partial charge < -0.3 is 15.5 Å².